The average Bonchev–Trinajstić information content (AvgIpc) is 2.98. The van der Waals surface area contributed by atoms with Crippen LogP contribution in [0.15, 0.2) is 22.7 Å². The second kappa shape index (κ2) is 8.46. The van der Waals surface area contributed by atoms with Crippen molar-refractivity contribution in [2.24, 2.45) is 0 Å². The van der Waals surface area contributed by atoms with E-state index in [0.29, 0.717) is 36.2 Å². The molecule has 1 aromatic carbocycles. The first-order chi connectivity index (χ1) is 10.2. The lowest BCUT2D eigenvalue weighted by atomic mass is 10.2. The Bertz CT molecular complexity index is 478. The SMILES string of the molecule is O=C(NCCCOCC1CCCO1)c1cc(F)ccc1Br. The summed E-state index contributed by atoms with van der Waals surface area (Å²) in [5.74, 6) is -0.719. The van der Waals surface area contributed by atoms with Gasteiger partial charge in [-0.3, -0.25) is 4.79 Å². The fourth-order valence-corrected chi connectivity index (χ4v) is 2.56. The molecule has 1 aliphatic heterocycles. The number of ether oxygens (including phenoxy) is 2. The van der Waals surface area contributed by atoms with E-state index in [1.54, 1.807) is 0 Å². The molecule has 1 aromatic rings. The van der Waals surface area contributed by atoms with Gasteiger partial charge in [0.15, 0.2) is 0 Å². The number of amides is 1. The summed E-state index contributed by atoms with van der Waals surface area (Å²) in [6.45, 7) is 2.51. The summed E-state index contributed by atoms with van der Waals surface area (Å²) in [4.78, 5) is 11.9. The molecular weight excluding hydrogens is 341 g/mol. The third-order valence-electron chi connectivity index (χ3n) is 3.25. The molecule has 4 nitrogen and oxygen atoms in total. The van der Waals surface area contributed by atoms with Gasteiger partial charge in [-0.2, -0.15) is 0 Å². The molecular formula is C15H19BrFNO3. The highest BCUT2D eigenvalue weighted by Crippen LogP contribution is 2.17. The lowest BCUT2D eigenvalue weighted by Crippen LogP contribution is -2.26. The van der Waals surface area contributed by atoms with Gasteiger partial charge in [0.25, 0.3) is 5.91 Å². The van der Waals surface area contributed by atoms with Crippen LogP contribution in [0.2, 0.25) is 0 Å². The summed E-state index contributed by atoms with van der Waals surface area (Å²) in [5, 5.41) is 2.75. The van der Waals surface area contributed by atoms with E-state index in [0.717, 1.165) is 19.4 Å². The Kier molecular flexibility index (Phi) is 6.60. The van der Waals surface area contributed by atoms with E-state index in [2.05, 4.69) is 21.2 Å². The van der Waals surface area contributed by atoms with Crippen LogP contribution in [0.3, 0.4) is 0 Å². The Balaban J connectivity index is 1.61. The van der Waals surface area contributed by atoms with Crippen molar-refractivity contribution in [2.45, 2.75) is 25.4 Å². The normalized spacial score (nSPS) is 17.9. The van der Waals surface area contributed by atoms with Crippen LogP contribution >= 0.6 is 15.9 Å². The van der Waals surface area contributed by atoms with Crippen LogP contribution in [0.4, 0.5) is 4.39 Å². The molecule has 0 radical (unpaired) electrons. The minimum absolute atomic E-state index is 0.225. The zero-order valence-corrected chi connectivity index (χ0v) is 13.3. The Hall–Kier alpha value is -0.980. The van der Waals surface area contributed by atoms with Gasteiger partial charge in [0.2, 0.25) is 0 Å². The van der Waals surface area contributed by atoms with Crippen molar-refractivity contribution in [2.75, 3.05) is 26.4 Å². The summed E-state index contributed by atoms with van der Waals surface area (Å²) in [6.07, 6.45) is 3.10. The molecule has 1 amide bonds. The van der Waals surface area contributed by atoms with Crippen LogP contribution in [0.25, 0.3) is 0 Å². The summed E-state index contributed by atoms with van der Waals surface area (Å²) in [5.41, 5.74) is 0.301. The first-order valence-corrected chi connectivity index (χ1v) is 7.88. The van der Waals surface area contributed by atoms with Crippen molar-refractivity contribution >= 4 is 21.8 Å². The molecule has 6 heteroatoms. The van der Waals surface area contributed by atoms with Crippen molar-refractivity contribution in [1.29, 1.82) is 0 Å². The maximum absolute atomic E-state index is 13.1. The minimum Gasteiger partial charge on any atom is -0.379 e. The third-order valence-corrected chi connectivity index (χ3v) is 3.94. The third kappa shape index (κ3) is 5.37. The predicted octanol–water partition coefficient (Wildman–Crippen LogP) is 2.90. The van der Waals surface area contributed by atoms with E-state index in [1.165, 1.54) is 18.2 Å². The van der Waals surface area contributed by atoms with Gasteiger partial charge < -0.3 is 14.8 Å². The van der Waals surface area contributed by atoms with E-state index < -0.39 is 5.82 Å². The van der Waals surface area contributed by atoms with E-state index in [4.69, 9.17) is 9.47 Å². The Labute approximate surface area is 132 Å². The average molecular weight is 360 g/mol. The summed E-state index contributed by atoms with van der Waals surface area (Å²) >= 11 is 3.24. The monoisotopic (exact) mass is 359 g/mol. The van der Waals surface area contributed by atoms with Gasteiger partial charge in [-0.15, -0.1) is 0 Å². The van der Waals surface area contributed by atoms with Gasteiger partial charge in [-0.25, -0.2) is 4.39 Å². The molecule has 1 aliphatic rings. The molecule has 1 N–H and O–H groups in total. The maximum Gasteiger partial charge on any atom is 0.252 e. The zero-order valence-electron chi connectivity index (χ0n) is 11.7. The second-order valence-electron chi connectivity index (χ2n) is 4.94. The molecule has 21 heavy (non-hydrogen) atoms. The van der Waals surface area contributed by atoms with Gasteiger partial charge in [0.05, 0.1) is 18.3 Å². The highest BCUT2D eigenvalue weighted by molar-refractivity contribution is 9.10. The minimum atomic E-state index is -0.428. The van der Waals surface area contributed by atoms with Crippen molar-refractivity contribution in [1.82, 2.24) is 5.32 Å². The zero-order chi connectivity index (χ0) is 15.1. The van der Waals surface area contributed by atoms with Gasteiger partial charge in [0, 0.05) is 24.2 Å². The van der Waals surface area contributed by atoms with Gasteiger partial charge in [-0.05, 0) is 53.4 Å². The number of nitrogens with one attached hydrogen (secondary N) is 1. The number of hydrogen-bond acceptors (Lipinski definition) is 3. The molecule has 0 aromatic heterocycles. The van der Waals surface area contributed by atoms with Crippen molar-refractivity contribution in [3.05, 3.63) is 34.1 Å². The van der Waals surface area contributed by atoms with E-state index in [-0.39, 0.29) is 12.0 Å². The highest BCUT2D eigenvalue weighted by Gasteiger charge is 2.15. The number of hydrogen-bond donors (Lipinski definition) is 1. The van der Waals surface area contributed by atoms with Crippen LogP contribution in [0, 0.1) is 5.82 Å². The van der Waals surface area contributed by atoms with Crippen LogP contribution in [0.1, 0.15) is 29.6 Å². The fraction of sp³-hybridized carbons (Fsp3) is 0.533. The Morgan fingerprint density at radius 3 is 3.14 bits per heavy atom. The van der Waals surface area contributed by atoms with Crippen LogP contribution in [-0.2, 0) is 9.47 Å². The molecule has 1 fully saturated rings. The molecule has 1 unspecified atom stereocenters. The van der Waals surface area contributed by atoms with Crippen molar-refractivity contribution in [3.63, 3.8) is 0 Å². The largest absolute Gasteiger partial charge is 0.379 e. The van der Waals surface area contributed by atoms with Gasteiger partial charge in [0.1, 0.15) is 5.82 Å². The Morgan fingerprint density at radius 2 is 2.38 bits per heavy atom. The smallest absolute Gasteiger partial charge is 0.252 e. The summed E-state index contributed by atoms with van der Waals surface area (Å²) in [7, 11) is 0. The molecule has 2 rings (SSSR count). The molecule has 1 atom stereocenters. The predicted molar refractivity (Wildman–Crippen MR) is 80.8 cm³/mol. The van der Waals surface area contributed by atoms with Crippen molar-refractivity contribution in [3.8, 4) is 0 Å². The molecule has 1 heterocycles. The fourth-order valence-electron chi connectivity index (χ4n) is 2.13. The van der Waals surface area contributed by atoms with Gasteiger partial charge >= 0.3 is 0 Å². The lowest BCUT2D eigenvalue weighted by molar-refractivity contribution is 0.0166. The standard InChI is InChI=1S/C15H19BrFNO3/c16-14-5-4-11(17)9-13(14)15(19)18-6-2-7-20-10-12-3-1-8-21-12/h4-5,9,12H,1-3,6-8,10H2,(H,18,19). The summed E-state index contributed by atoms with van der Waals surface area (Å²) in [6, 6.07) is 4.04. The number of rotatable bonds is 7. The first-order valence-electron chi connectivity index (χ1n) is 7.09. The molecule has 116 valence electrons. The second-order valence-corrected chi connectivity index (χ2v) is 5.80. The lowest BCUT2D eigenvalue weighted by Gasteiger charge is -2.10. The van der Waals surface area contributed by atoms with Gasteiger partial charge in [-0.1, -0.05) is 0 Å². The van der Waals surface area contributed by atoms with Crippen LogP contribution in [-0.4, -0.2) is 38.4 Å². The van der Waals surface area contributed by atoms with Crippen LogP contribution in [0.5, 0.6) is 0 Å². The topological polar surface area (TPSA) is 47.6 Å². The number of benzene rings is 1. The number of carbonyl (C=O) groups is 1. The molecule has 0 bridgehead atoms. The Morgan fingerprint density at radius 1 is 1.52 bits per heavy atom. The number of carbonyl (C=O) groups excluding carboxylic acids is 1. The molecule has 1 saturated heterocycles. The van der Waals surface area contributed by atoms with E-state index in [1.807, 2.05) is 0 Å². The number of halogens is 2. The van der Waals surface area contributed by atoms with Crippen LogP contribution < -0.4 is 5.32 Å². The van der Waals surface area contributed by atoms with E-state index >= 15 is 0 Å². The molecule has 0 spiro atoms. The van der Waals surface area contributed by atoms with E-state index in [9.17, 15) is 9.18 Å². The van der Waals surface area contributed by atoms with Crippen molar-refractivity contribution < 1.29 is 18.7 Å². The first kappa shape index (κ1) is 16.4. The highest BCUT2D eigenvalue weighted by atomic mass is 79.9. The summed E-state index contributed by atoms with van der Waals surface area (Å²) < 4.78 is 24.6. The maximum atomic E-state index is 13.1. The molecule has 0 saturated carbocycles. The quantitative estimate of drug-likeness (QED) is 0.761. The molecule has 0 aliphatic carbocycles.